The Labute approximate surface area is 106 Å². The predicted molar refractivity (Wildman–Crippen MR) is 71.4 cm³/mol. The van der Waals surface area contributed by atoms with E-state index < -0.39 is 8.32 Å². The Bertz CT molecular complexity index is 298. The third kappa shape index (κ3) is 3.10. The second-order valence-corrected chi connectivity index (χ2v) is 11.7. The van der Waals surface area contributed by atoms with Gasteiger partial charge in [0, 0.05) is 0 Å². The summed E-state index contributed by atoms with van der Waals surface area (Å²) in [6.45, 7) is 13.3. The van der Waals surface area contributed by atoms with Gasteiger partial charge < -0.3 is 9.16 Å². The number of hydrogen-bond acceptors (Lipinski definition) is 3. The molecule has 0 unspecified atom stereocenters. The Morgan fingerprint density at radius 2 is 1.76 bits per heavy atom. The van der Waals surface area contributed by atoms with Gasteiger partial charge in [-0.25, -0.2) is 0 Å². The van der Waals surface area contributed by atoms with Gasteiger partial charge in [0.25, 0.3) is 0 Å². The average Bonchev–Trinajstić information content (AvgIpc) is 2.10. The number of rotatable bonds is 3. The molecule has 0 heterocycles. The average molecular weight is 258 g/mol. The summed E-state index contributed by atoms with van der Waals surface area (Å²) in [4.78, 5) is 11.4. The van der Waals surface area contributed by atoms with Crippen LogP contribution in [-0.2, 0) is 14.0 Å². The molecule has 1 saturated carbocycles. The largest absolute Gasteiger partial charge is 0.469 e. The first-order chi connectivity index (χ1) is 7.51. The van der Waals surface area contributed by atoms with Crippen molar-refractivity contribution in [3.05, 3.63) is 0 Å². The van der Waals surface area contributed by atoms with Crippen molar-refractivity contribution in [2.45, 2.75) is 64.3 Å². The molecule has 0 saturated heterocycles. The molecule has 1 fully saturated rings. The number of esters is 1. The Morgan fingerprint density at radius 3 is 2.12 bits per heavy atom. The van der Waals surface area contributed by atoms with Crippen molar-refractivity contribution in [3.63, 3.8) is 0 Å². The van der Waals surface area contributed by atoms with Gasteiger partial charge in [0.1, 0.15) is 0 Å². The molecule has 0 bridgehead atoms. The third-order valence-corrected chi connectivity index (χ3v) is 8.81. The highest BCUT2D eigenvalue weighted by Gasteiger charge is 2.50. The fourth-order valence-electron chi connectivity index (χ4n) is 2.17. The molecule has 0 aromatic heterocycles. The van der Waals surface area contributed by atoms with E-state index in [2.05, 4.69) is 40.8 Å². The van der Waals surface area contributed by atoms with Crippen molar-refractivity contribution in [2.75, 3.05) is 7.11 Å². The van der Waals surface area contributed by atoms with Crippen LogP contribution in [0, 0.1) is 5.92 Å². The summed E-state index contributed by atoms with van der Waals surface area (Å²) in [5.74, 6) is -0.0592. The van der Waals surface area contributed by atoms with Crippen LogP contribution in [0.25, 0.3) is 0 Å². The lowest BCUT2D eigenvalue weighted by molar-refractivity contribution is -0.158. The van der Waals surface area contributed by atoms with Gasteiger partial charge in [-0.05, 0) is 37.9 Å². The molecule has 17 heavy (non-hydrogen) atoms. The second kappa shape index (κ2) is 4.39. The zero-order valence-electron chi connectivity index (χ0n) is 12.2. The Hall–Kier alpha value is -0.353. The van der Waals surface area contributed by atoms with Crippen LogP contribution in [0.4, 0.5) is 0 Å². The highest BCUT2D eigenvalue weighted by Crippen LogP contribution is 2.47. The smallest absolute Gasteiger partial charge is 0.308 e. The van der Waals surface area contributed by atoms with Gasteiger partial charge in [0.2, 0.25) is 0 Å². The standard InChI is InChI=1S/C13H26O3Si/c1-12(2,3)17(6,7)16-13(4)8-10(9-13)11(14)15-5/h10H,8-9H2,1-7H3. The molecule has 0 atom stereocenters. The molecule has 0 amide bonds. The van der Waals surface area contributed by atoms with Gasteiger partial charge >= 0.3 is 5.97 Å². The van der Waals surface area contributed by atoms with E-state index in [9.17, 15) is 4.79 Å². The molecule has 1 rings (SSSR count). The fourth-order valence-corrected chi connectivity index (χ4v) is 3.87. The van der Waals surface area contributed by atoms with Crippen LogP contribution in [0.3, 0.4) is 0 Å². The summed E-state index contributed by atoms with van der Waals surface area (Å²) in [6, 6.07) is 0. The number of methoxy groups -OCH3 is 1. The van der Waals surface area contributed by atoms with Crippen LogP contribution in [0.1, 0.15) is 40.5 Å². The van der Waals surface area contributed by atoms with E-state index in [4.69, 9.17) is 9.16 Å². The first-order valence-corrected chi connectivity index (χ1v) is 9.20. The lowest BCUT2D eigenvalue weighted by atomic mass is 9.72. The highest BCUT2D eigenvalue weighted by molar-refractivity contribution is 6.74. The molecule has 0 spiro atoms. The van der Waals surface area contributed by atoms with Crippen molar-refractivity contribution in [2.24, 2.45) is 5.92 Å². The Kier molecular flexibility index (Phi) is 3.80. The minimum Gasteiger partial charge on any atom is -0.469 e. The van der Waals surface area contributed by atoms with E-state index >= 15 is 0 Å². The van der Waals surface area contributed by atoms with Crippen molar-refractivity contribution in [1.82, 2.24) is 0 Å². The molecule has 0 N–H and O–H groups in total. The summed E-state index contributed by atoms with van der Waals surface area (Å²) < 4.78 is 11.1. The first-order valence-electron chi connectivity index (χ1n) is 6.29. The molecule has 0 aromatic rings. The van der Waals surface area contributed by atoms with Crippen LogP contribution in [0.15, 0.2) is 0 Å². The zero-order valence-corrected chi connectivity index (χ0v) is 13.2. The van der Waals surface area contributed by atoms with Gasteiger partial charge in [-0.1, -0.05) is 20.8 Å². The van der Waals surface area contributed by atoms with Crippen LogP contribution >= 0.6 is 0 Å². The molecule has 3 nitrogen and oxygen atoms in total. The van der Waals surface area contributed by atoms with Crippen LogP contribution in [0.5, 0.6) is 0 Å². The maximum atomic E-state index is 11.4. The fraction of sp³-hybridized carbons (Fsp3) is 0.923. The SMILES string of the molecule is COC(=O)C1CC(C)(O[Si](C)(C)C(C)(C)C)C1. The Balaban J connectivity index is 2.58. The summed E-state index contributed by atoms with van der Waals surface area (Å²) in [7, 11) is -0.286. The molecule has 0 radical (unpaired) electrons. The van der Waals surface area contributed by atoms with Crippen molar-refractivity contribution in [3.8, 4) is 0 Å². The van der Waals surface area contributed by atoms with Crippen LogP contribution in [-0.4, -0.2) is 27.0 Å². The maximum Gasteiger partial charge on any atom is 0.308 e. The second-order valence-electron chi connectivity index (χ2n) is 6.94. The van der Waals surface area contributed by atoms with Gasteiger partial charge in [-0.3, -0.25) is 4.79 Å². The van der Waals surface area contributed by atoms with Crippen molar-refractivity contribution >= 4 is 14.3 Å². The van der Waals surface area contributed by atoms with Crippen LogP contribution in [0.2, 0.25) is 18.1 Å². The van der Waals surface area contributed by atoms with E-state index in [0.717, 1.165) is 12.8 Å². The topological polar surface area (TPSA) is 35.5 Å². The van der Waals surface area contributed by atoms with Gasteiger partial charge in [-0.2, -0.15) is 0 Å². The van der Waals surface area contributed by atoms with Crippen molar-refractivity contribution in [1.29, 1.82) is 0 Å². The van der Waals surface area contributed by atoms with Gasteiger partial charge in [-0.15, -0.1) is 0 Å². The molecule has 1 aliphatic carbocycles. The predicted octanol–water partition coefficient (Wildman–Crippen LogP) is 3.35. The highest BCUT2D eigenvalue weighted by atomic mass is 28.4. The molecule has 1 aliphatic rings. The van der Waals surface area contributed by atoms with E-state index in [1.807, 2.05) is 0 Å². The number of carbonyl (C=O) groups excluding carboxylic acids is 1. The van der Waals surface area contributed by atoms with Gasteiger partial charge in [0.15, 0.2) is 8.32 Å². The molecule has 0 aliphatic heterocycles. The van der Waals surface area contributed by atoms with E-state index in [1.165, 1.54) is 7.11 Å². The summed E-state index contributed by atoms with van der Waals surface area (Å²) in [5.41, 5.74) is -0.123. The lowest BCUT2D eigenvalue weighted by Gasteiger charge is -2.51. The van der Waals surface area contributed by atoms with E-state index in [0.29, 0.717) is 0 Å². The minimum atomic E-state index is -1.74. The minimum absolute atomic E-state index is 0.0368. The summed E-state index contributed by atoms with van der Waals surface area (Å²) in [6.07, 6.45) is 1.60. The van der Waals surface area contributed by atoms with Crippen molar-refractivity contribution < 1.29 is 14.0 Å². The quantitative estimate of drug-likeness (QED) is 0.575. The van der Waals surface area contributed by atoms with E-state index in [-0.39, 0.29) is 22.5 Å². The summed E-state index contributed by atoms with van der Waals surface area (Å²) >= 11 is 0. The molecule has 4 heteroatoms. The molecular weight excluding hydrogens is 232 g/mol. The zero-order chi connectivity index (χ0) is 13.5. The molecule has 0 aromatic carbocycles. The van der Waals surface area contributed by atoms with Crippen LogP contribution < -0.4 is 0 Å². The molecule has 100 valence electrons. The maximum absolute atomic E-state index is 11.4. The Morgan fingerprint density at radius 1 is 1.29 bits per heavy atom. The number of hydrogen-bond donors (Lipinski definition) is 0. The van der Waals surface area contributed by atoms with Gasteiger partial charge in [0.05, 0.1) is 18.6 Å². The molecular formula is C13H26O3Si. The summed E-state index contributed by atoms with van der Waals surface area (Å²) in [5, 5.41) is 0.215. The first kappa shape index (κ1) is 14.7. The normalized spacial score (nSPS) is 29.7. The third-order valence-electron chi connectivity index (χ3n) is 4.20. The lowest BCUT2D eigenvalue weighted by Crippen LogP contribution is -2.55. The van der Waals surface area contributed by atoms with E-state index in [1.54, 1.807) is 0 Å². The number of ether oxygens (including phenoxy) is 1. The number of carbonyl (C=O) groups is 1. The monoisotopic (exact) mass is 258 g/mol.